The summed E-state index contributed by atoms with van der Waals surface area (Å²) in [4.78, 5) is 44.4. The highest BCUT2D eigenvalue weighted by Gasteiger charge is 2.47. The Labute approximate surface area is 200 Å². The van der Waals surface area contributed by atoms with Gasteiger partial charge in [-0.3, -0.25) is 24.2 Å². The molecule has 0 aromatic heterocycles. The van der Waals surface area contributed by atoms with Crippen molar-refractivity contribution in [3.8, 4) is 0 Å². The lowest BCUT2D eigenvalue weighted by Gasteiger charge is -2.27. The molecule has 174 valence electrons. The summed E-state index contributed by atoms with van der Waals surface area (Å²) in [6, 6.07) is 19.7. The van der Waals surface area contributed by atoms with Crippen LogP contribution in [0.3, 0.4) is 0 Å². The van der Waals surface area contributed by atoms with E-state index < -0.39 is 38.6 Å². The molecule has 2 aliphatic heterocycles. The lowest BCUT2D eigenvalue weighted by Crippen LogP contribution is -2.50. The minimum absolute atomic E-state index is 0.156. The van der Waals surface area contributed by atoms with E-state index in [0.29, 0.717) is 5.69 Å². The monoisotopic (exact) mass is 486 g/mol. The number of amides is 3. The molecule has 2 heterocycles. The Balaban J connectivity index is 1.52. The van der Waals surface area contributed by atoms with Gasteiger partial charge in [0.2, 0.25) is 0 Å². The molecule has 0 N–H and O–H groups in total. The van der Waals surface area contributed by atoms with Crippen molar-refractivity contribution in [3.63, 3.8) is 0 Å². The van der Waals surface area contributed by atoms with Crippen LogP contribution >= 0.6 is 0 Å². The van der Waals surface area contributed by atoms with E-state index in [-0.39, 0.29) is 29.0 Å². The molecule has 0 radical (unpaired) electrons. The van der Waals surface area contributed by atoms with Gasteiger partial charge in [-0.2, -0.15) is 0 Å². The second-order valence-electron chi connectivity index (χ2n) is 8.15. The van der Waals surface area contributed by atoms with Gasteiger partial charge in [-0.15, -0.1) is 4.79 Å². The number of hydrogen-bond acceptors (Lipinski definition) is 5. The lowest BCUT2D eigenvalue weighted by atomic mass is 10.1. The van der Waals surface area contributed by atoms with Crippen LogP contribution in [0.2, 0.25) is 0 Å². The van der Waals surface area contributed by atoms with Crippen LogP contribution in [0, 0.1) is 0 Å². The van der Waals surface area contributed by atoms with E-state index in [1.807, 2.05) is 0 Å². The molecular formula is C25H18N4O5S. The molecule has 0 bridgehead atoms. The Kier molecular flexibility index (Phi) is 5.39. The van der Waals surface area contributed by atoms with E-state index in [4.69, 9.17) is 0 Å². The first-order valence-corrected chi connectivity index (χ1v) is 12.2. The Bertz CT molecular complexity index is 1510. The van der Waals surface area contributed by atoms with E-state index in [0.717, 1.165) is 10.5 Å². The number of carbonyl (C=O) groups excluding carboxylic acids is 3. The summed E-state index contributed by atoms with van der Waals surface area (Å²) in [5, 5.41) is -1.05. The summed E-state index contributed by atoms with van der Waals surface area (Å²) in [5.41, 5.74) is 11.3. The second kappa shape index (κ2) is 8.43. The molecular weight excluding hydrogens is 468 g/mol. The number of rotatable bonds is 3. The van der Waals surface area contributed by atoms with Crippen LogP contribution in [0.1, 0.15) is 26.3 Å². The van der Waals surface area contributed by atoms with E-state index in [1.54, 1.807) is 54.6 Å². The Morgan fingerprint density at radius 1 is 0.886 bits per heavy atom. The molecule has 0 aliphatic carbocycles. The highest BCUT2D eigenvalue weighted by molar-refractivity contribution is 8.08. The number of benzene rings is 3. The van der Waals surface area contributed by atoms with Gasteiger partial charge in [-0.05, 0) is 42.3 Å². The van der Waals surface area contributed by atoms with Crippen LogP contribution < -0.4 is 4.90 Å². The minimum atomic E-state index is -4.44. The molecule has 9 nitrogen and oxygen atoms in total. The van der Waals surface area contributed by atoms with Gasteiger partial charge < -0.3 is 5.53 Å². The molecule has 0 fully saturated rings. The van der Waals surface area contributed by atoms with Gasteiger partial charge in [-0.25, -0.2) is 8.42 Å². The van der Waals surface area contributed by atoms with E-state index >= 15 is 0 Å². The smallest absolute Gasteiger partial charge is 0.360 e. The van der Waals surface area contributed by atoms with E-state index in [9.17, 15) is 28.3 Å². The van der Waals surface area contributed by atoms with Crippen molar-refractivity contribution in [1.82, 2.24) is 4.90 Å². The number of hydrogen-bond donors (Lipinski definition) is 0. The third-order valence-electron chi connectivity index (χ3n) is 6.14. The molecule has 0 saturated carbocycles. The number of carbonyl (C=O) groups is 3. The molecule has 3 amide bonds. The number of anilines is 1. The quantitative estimate of drug-likeness (QED) is 0.185. The molecule has 5 rings (SSSR count). The first-order chi connectivity index (χ1) is 16.8. The molecule has 2 aliphatic rings. The summed E-state index contributed by atoms with van der Waals surface area (Å²) in [5.74, 6) is -2.02. The van der Waals surface area contributed by atoms with E-state index in [1.165, 1.54) is 29.2 Å². The van der Waals surface area contributed by atoms with Crippen LogP contribution in [0.4, 0.5) is 5.69 Å². The van der Waals surface area contributed by atoms with Gasteiger partial charge in [0.15, 0.2) is 0 Å². The second-order valence-corrected chi connectivity index (χ2v) is 10.0. The average Bonchev–Trinajstić information content (AvgIpc) is 3.35. The number of sulfone groups is 1. The summed E-state index contributed by atoms with van der Waals surface area (Å²) < 4.78 is 26.2. The van der Waals surface area contributed by atoms with Crippen molar-refractivity contribution in [2.75, 3.05) is 11.4 Å². The van der Waals surface area contributed by atoms with Gasteiger partial charge in [0.05, 0.1) is 28.6 Å². The maximum absolute atomic E-state index is 13.6. The summed E-state index contributed by atoms with van der Waals surface area (Å²) >= 11 is 0. The predicted octanol–water partition coefficient (Wildman–Crippen LogP) is 2.34. The Morgan fingerprint density at radius 3 is 2.09 bits per heavy atom. The number of para-hydroxylation sites is 1. The van der Waals surface area contributed by atoms with Crippen molar-refractivity contribution < 1.29 is 27.6 Å². The van der Waals surface area contributed by atoms with Crippen LogP contribution in [0.15, 0.2) is 83.8 Å². The zero-order chi connectivity index (χ0) is 24.7. The van der Waals surface area contributed by atoms with Gasteiger partial charge in [0.1, 0.15) is 0 Å². The van der Waals surface area contributed by atoms with Crippen molar-refractivity contribution in [2.45, 2.75) is 17.4 Å². The summed E-state index contributed by atoms with van der Waals surface area (Å²) in [6.07, 6.45) is 0.277. The average molecular weight is 487 g/mol. The maximum Gasteiger partial charge on any atom is 0.474 e. The molecule has 3 aromatic carbocycles. The molecule has 0 saturated heterocycles. The topological polar surface area (TPSA) is 128 Å². The van der Waals surface area contributed by atoms with E-state index in [2.05, 4.69) is 4.79 Å². The molecule has 35 heavy (non-hydrogen) atoms. The summed E-state index contributed by atoms with van der Waals surface area (Å²) in [6.45, 7) is -0.156. The zero-order valence-electron chi connectivity index (χ0n) is 18.2. The fourth-order valence-electron chi connectivity index (χ4n) is 4.52. The van der Waals surface area contributed by atoms with Crippen LogP contribution in [-0.4, -0.2) is 53.5 Å². The minimum Gasteiger partial charge on any atom is -0.360 e. The number of nitrogens with zero attached hydrogens (tertiary/aromatic N) is 4. The fraction of sp³-hybridized carbons (Fsp3) is 0.120. The van der Waals surface area contributed by atoms with Gasteiger partial charge in [-0.1, -0.05) is 48.5 Å². The molecule has 1 atom stereocenters. The largest absolute Gasteiger partial charge is 0.474 e. The van der Waals surface area contributed by atoms with Gasteiger partial charge in [0, 0.05) is 5.69 Å². The predicted molar refractivity (Wildman–Crippen MR) is 125 cm³/mol. The first kappa shape index (κ1) is 22.4. The van der Waals surface area contributed by atoms with Crippen molar-refractivity contribution >= 4 is 38.3 Å². The van der Waals surface area contributed by atoms with Crippen LogP contribution in [-0.2, 0) is 21.1 Å². The van der Waals surface area contributed by atoms with Gasteiger partial charge in [0.25, 0.3) is 21.7 Å². The maximum atomic E-state index is 13.6. The first-order valence-electron chi connectivity index (χ1n) is 10.7. The zero-order valence-corrected chi connectivity index (χ0v) is 19.1. The third kappa shape index (κ3) is 3.56. The number of fused-ring (bicyclic) bond motifs is 2. The van der Waals surface area contributed by atoms with Crippen LogP contribution in [0.5, 0.6) is 0 Å². The lowest BCUT2D eigenvalue weighted by molar-refractivity contribution is -0.116. The molecule has 10 heteroatoms. The molecule has 0 spiro atoms. The number of imide groups is 1. The summed E-state index contributed by atoms with van der Waals surface area (Å²) in [7, 11) is -4.44. The SMILES string of the molecule is [N-]=[N+]=C(C(=O)N1c2ccccc2CC1CN1C(=O)c2ccccc2C1=O)S(=O)(=O)c1ccccc1. The highest BCUT2D eigenvalue weighted by atomic mass is 32.2. The van der Waals surface area contributed by atoms with Crippen molar-refractivity contribution in [2.24, 2.45) is 0 Å². The van der Waals surface area contributed by atoms with Crippen molar-refractivity contribution in [3.05, 3.63) is 101 Å². The third-order valence-corrected chi connectivity index (χ3v) is 7.80. The molecule has 3 aromatic rings. The van der Waals surface area contributed by atoms with Crippen molar-refractivity contribution in [1.29, 1.82) is 0 Å². The fourth-order valence-corrected chi connectivity index (χ4v) is 5.70. The molecule has 1 unspecified atom stereocenters. The highest BCUT2D eigenvalue weighted by Crippen LogP contribution is 2.34. The Morgan fingerprint density at radius 2 is 1.46 bits per heavy atom. The van der Waals surface area contributed by atoms with Crippen LogP contribution in [0.25, 0.3) is 5.53 Å². The Hall–Kier alpha value is -4.40. The normalized spacial score (nSPS) is 16.6. The standard InChI is InChI=1S/C25H18N4O5S/c26-27-22(35(33,34)18-9-2-1-3-10-18)25(32)29-17(14-16-8-4-7-13-21(16)29)15-28-23(30)19-11-5-6-12-20(19)24(28)31/h1-13,17H,14-15H2. The van der Waals surface area contributed by atoms with Gasteiger partial charge >= 0.3 is 11.0 Å².